The first-order chi connectivity index (χ1) is 19.3. The van der Waals surface area contributed by atoms with E-state index in [9.17, 15) is 18.4 Å². The van der Waals surface area contributed by atoms with Crippen molar-refractivity contribution in [2.45, 2.75) is 32.6 Å². The summed E-state index contributed by atoms with van der Waals surface area (Å²) in [5.74, 6) is -1.51. The average molecular weight is 547 g/mol. The molecule has 1 saturated heterocycles. The number of nitrogens with zero attached hydrogens (tertiary/aromatic N) is 5. The Hall–Kier alpha value is -4.15. The summed E-state index contributed by atoms with van der Waals surface area (Å²) in [5, 5.41) is 0. The van der Waals surface area contributed by atoms with Gasteiger partial charge in [-0.2, -0.15) is 0 Å². The minimum atomic E-state index is -0.754. The first kappa shape index (κ1) is 27.4. The number of hydrogen-bond acceptors (Lipinski definition) is 6. The van der Waals surface area contributed by atoms with Crippen LogP contribution in [-0.4, -0.2) is 45.2 Å². The summed E-state index contributed by atoms with van der Waals surface area (Å²) < 4.78 is 31.6. The summed E-state index contributed by atoms with van der Waals surface area (Å²) in [4.78, 5) is 36.0. The molecule has 5 rings (SSSR count). The molecule has 1 aliphatic heterocycles. The molecular formula is C30H32F2N6O2. The van der Waals surface area contributed by atoms with Gasteiger partial charge in [-0.1, -0.05) is 42.5 Å². The molecule has 0 radical (unpaired) electrons. The van der Waals surface area contributed by atoms with Gasteiger partial charge in [0.15, 0.2) is 0 Å². The van der Waals surface area contributed by atoms with Crippen LogP contribution in [0, 0.1) is 18.6 Å². The van der Waals surface area contributed by atoms with Crippen LogP contribution in [0.4, 0.5) is 14.5 Å². The number of pyridine rings is 1. The van der Waals surface area contributed by atoms with Gasteiger partial charge in [0, 0.05) is 62.4 Å². The van der Waals surface area contributed by atoms with E-state index in [-0.39, 0.29) is 18.7 Å². The second kappa shape index (κ2) is 11.9. The van der Waals surface area contributed by atoms with Gasteiger partial charge in [0.25, 0.3) is 5.56 Å². The second-order valence-corrected chi connectivity index (χ2v) is 10.1. The van der Waals surface area contributed by atoms with Crippen LogP contribution >= 0.6 is 0 Å². The van der Waals surface area contributed by atoms with E-state index in [1.54, 1.807) is 13.1 Å². The lowest BCUT2D eigenvalue weighted by atomic mass is 10.1. The third-order valence-electron chi connectivity index (χ3n) is 7.46. The Balaban J connectivity index is 1.51. The molecule has 1 atom stereocenters. The Labute approximate surface area is 230 Å². The van der Waals surface area contributed by atoms with Gasteiger partial charge < -0.3 is 10.6 Å². The van der Waals surface area contributed by atoms with Crippen molar-refractivity contribution in [3.05, 3.63) is 128 Å². The van der Waals surface area contributed by atoms with Gasteiger partial charge in [0.1, 0.15) is 17.3 Å². The Morgan fingerprint density at radius 3 is 2.23 bits per heavy atom. The maximum Gasteiger partial charge on any atom is 0.331 e. The van der Waals surface area contributed by atoms with Crippen molar-refractivity contribution in [1.29, 1.82) is 0 Å². The highest BCUT2D eigenvalue weighted by molar-refractivity contribution is 5.50. The lowest BCUT2D eigenvalue weighted by Gasteiger charge is -2.36. The van der Waals surface area contributed by atoms with E-state index in [0.717, 1.165) is 34.4 Å². The van der Waals surface area contributed by atoms with E-state index >= 15 is 0 Å². The number of aromatic nitrogens is 3. The van der Waals surface area contributed by atoms with Crippen LogP contribution < -0.4 is 21.9 Å². The molecule has 2 N–H and O–H groups in total. The molecule has 10 heteroatoms. The van der Waals surface area contributed by atoms with Crippen molar-refractivity contribution in [2.75, 3.05) is 31.1 Å². The SMILES string of the molecule is Cc1c(N2CCN(Cc3cccnc3)CC2)c(=O)n(C[C@@H](N)c2ccccc2)c(=O)n1Cc1c(F)cccc1F. The van der Waals surface area contributed by atoms with E-state index in [1.165, 1.54) is 10.6 Å². The minimum Gasteiger partial charge on any atom is -0.363 e. The van der Waals surface area contributed by atoms with Crippen LogP contribution in [0.2, 0.25) is 0 Å². The topological polar surface area (TPSA) is 89.4 Å². The minimum absolute atomic E-state index is 0.0737. The highest BCUT2D eigenvalue weighted by atomic mass is 19.1. The van der Waals surface area contributed by atoms with Gasteiger partial charge >= 0.3 is 5.69 Å². The molecule has 1 aliphatic rings. The molecule has 1 fully saturated rings. The number of hydrogen-bond donors (Lipinski definition) is 1. The Bertz CT molecular complexity index is 1560. The quantitative estimate of drug-likeness (QED) is 0.366. The van der Waals surface area contributed by atoms with Crippen molar-refractivity contribution in [3.8, 4) is 0 Å². The first-order valence-electron chi connectivity index (χ1n) is 13.3. The summed E-state index contributed by atoms with van der Waals surface area (Å²) in [6, 6.07) is 16.1. The Kier molecular flexibility index (Phi) is 8.18. The number of halogens is 2. The van der Waals surface area contributed by atoms with Crippen molar-refractivity contribution in [1.82, 2.24) is 19.0 Å². The summed E-state index contributed by atoms with van der Waals surface area (Å²) in [6.07, 6.45) is 3.57. The second-order valence-electron chi connectivity index (χ2n) is 10.1. The smallest absolute Gasteiger partial charge is 0.331 e. The standard InChI is InChI=1S/C30H32F2N6O2/c1-21-28(36-15-13-35(14-16-36)18-22-7-6-12-34-17-22)29(39)38(20-27(33)23-8-3-2-4-9-23)30(40)37(21)19-24-25(31)10-5-11-26(24)32/h2-12,17,27H,13-16,18-20,33H2,1H3/t27-/m1/s1. The van der Waals surface area contributed by atoms with Crippen molar-refractivity contribution < 1.29 is 8.78 Å². The molecule has 8 nitrogen and oxygen atoms in total. The van der Waals surface area contributed by atoms with Gasteiger partial charge in [0.2, 0.25) is 0 Å². The van der Waals surface area contributed by atoms with Gasteiger partial charge in [-0.05, 0) is 36.2 Å². The molecule has 4 aromatic rings. The molecule has 0 spiro atoms. The van der Waals surface area contributed by atoms with Crippen molar-refractivity contribution >= 4 is 5.69 Å². The van der Waals surface area contributed by atoms with Crippen LogP contribution in [0.5, 0.6) is 0 Å². The Morgan fingerprint density at radius 1 is 0.875 bits per heavy atom. The van der Waals surface area contributed by atoms with E-state index < -0.39 is 28.9 Å². The van der Waals surface area contributed by atoms with Gasteiger partial charge in [-0.15, -0.1) is 0 Å². The highest BCUT2D eigenvalue weighted by Gasteiger charge is 2.26. The molecule has 3 heterocycles. The maximum absolute atomic E-state index is 14.6. The van der Waals surface area contributed by atoms with Crippen molar-refractivity contribution in [2.24, 2.45) is 5.73 Å². The first-order valence-corrected chi connectivity index (χ1v) is 13.3. The molecular weight excluding hydrogens is 514 g/mol. The number of benzene rings is 2. The summed E-state index contributed by atoms with van der Waals surface area (Å²) in [5.41, 5.74) is 7.65. The van der Waals surface area contributed by atoms with E-state index in [4.69, 9.17) is 5.73 Å². The van der Waals surface area contributed by atoms with E-state index in [2.05, 4.69) is 9.88 Å². The summed E-state index contributed by atoms with van der Waals surface area (Å²) in [6.45, 7) is 4.45. The maximum atomic E-state index is 14.6. The zero-order valence-corrected chi connectivity index (χ0v) is 22.3. The highest BCUT2D eigenvalue weighted by Crippen LogP contribution is 2.21. The van der Waals surface area contributed by atoms with Gasteiger partial charge in [-0.25, -0.2) is 13.6 Å². The van der Waals surface area contributed by atoms with Gasteiger partial charge in [0.05, 0.1) is 13.1 Å². The van der Waals surface area contributed by atoms with E-state index in [0.29, 0.717) is 37.6 Å². The molecule has 0 aliphatic carbocycles. The largest absolute Gasteiger partial charge is 0.363 e. The van der Waals surface area contributed by atoms with Gasteiger partial charge in [-0.3, -0.25) is 23.8 Å². The van der Waals surface area contributed by atoms with Crippen molar-refractivity contribution in [3.63, 3.8) is 0 Å². The van der Waals surface area contributed by atoms with Crippen LogP contribution in [-0.2, 0) is 19.6 Å². The van der Waals surface area contributed by atoms with Crippen LogP contribution in [0.25, 0.3) is 0 Å². The molecule has 2 aromatic heterocycles. The predicted octanol–water partition coefficient (Wildman–Crippen LogP) is 3.06. The lowest BCUT2D eigenvalue weighted by molar-refractivity contribution is 0.249. The number of piperazine rings is 1. The normalized spacial score (nSPS) is 14.8. The van der Waals surface area contributed by atoms with E-state index in [1.807, 2.05) is 53.6 Å². The lowest BCUT2D eigenvalue weighted by Crippen LogP contribution is -2.51. The summed E-state index contributed by atoms with van der Waals surface area (Å²) >= 11 is 0. The fourth-order valence-electron chi connectivity index (χ4n) is 5.22. The molecule has 0 saturated carbocycles. The molecule has 2 aromatic carbocycles. The monoisotopic (exact) mass is 546 g/mol. The number of anilines is 1. The van der Waals surface area contributed by atoms with Crippen LogP contribution in [0.15, 0.2) is 82.6 Å². The molecule has 40 heavy (non-hydrogen) atoms. The summed E-state index contributed by atoms with van der Waals surface area (Å²) in [7, 11) is 0. The fraction of sp³-hybridized carbons (Fsp3) is 0.300. The van der Waals surface area contributed by atoms with Crippen LogP contribution in [0.1, 0.15) is 28.4 Å². The zero-order valence-electron chi connectivity index (χ0n) is 22.3. The predicted molar refractivity (Wildman–Crippen MR) is 150 cm³/mol. The Morgan fingerprint density at radius 2 is 1.57 bits per heavy atom. The number of nitrogens with two attached hydrogens (primary N) is 1. The molecule has 0 amide bonds. The average Bonchev–Trinajstić information content (AvgIpc) is 2.96. The third kappa shape index (κ3) is 5.73. The molecule has 0 bridgehead atoms. The fourth-order valence-corrected chi connectivity index (χ4v) is 5.22. The third-order valence-corrected chi connectivity index (χ3v) is 7.46. The zero-order chi connectivity index (χ0) is 28.2. The molecule has 0 unspecified atom stereocenters. The number of rotatable bonds is 8. The molecule has 208 valence electrons. The van der Waals surface area contributed by atoms with Crippen LogP contribution in [0.3, 0.4) is 0 Å².